The van der Waals surface area contributed by atoms with Crippen molar-refractivity contribution in [2.45, 2.75) is 60.5 Å². The lowest BCUT2D eigenvalue weighted by Gasteiger charge is -2.08. The summed E-state index contributed by atoms with van der Waals surface area (Å²) in [5.74, 6) is 0. The summed E-state index contributed by atoms with van der Waals surface area (Å²) in [6.07, 6.45) is 1.98. The molecule has 0 aromatic carbocycles. The van der Waals surface area contributed by atoms with Gasteiger partial charge in [-0.05, 0) is 55.1 Å². The Morgan fingerprint density at radius 3 is 2.20 bits per heavy atom. The Morgan fingerprint density at radius 1 is 1.00 bits per heavy atom. The van der Waals surface area contributed by atoms with Crippen LogP contribution in [0.25, 0.3) is 0 Å². The molecular weight excluding hydrogens is 316 g/mol. The van der Waals surface area contributed by atoms with E-state index in [1.54, 1.807) is 0 Å². The number of aryl methyl sites for hydroxylation is 3. The highest BCUT2D eigenvalue weighted by Gasteiger charge is 2.17. The lowest BCUT2D eigenvalue weighted by atomic mass is 10.1. The molecule has 0 radical (unpaired) electrons. The van der Waals surface area contributed by atoms with Gasteiger partial charge in [-0.2, -0.15) is 10.2 Å². The summed E-state index contributed by atoms with van der Waals surface area (Å²) in [7, 11) is 0. The van der Waals surface area contributed by atoms with E-state index in [-0.39, 0.29) is 0 Å². The number of rotatable bonds is 5. The van der Waals surface area contributed by atoms with Crippen molar-refractivity contribution in [3.63, 3.8) is 0 Å². The Morgan fingerprint density at radius 2 is 1.70 bits per heavy atom. The summed E-state index contributed by atoms with van der Waals surface area (Å²) in [6, 6.07) is 0. The molecule has 0 N–H and O–H groups in total. The third-order valence-electron chi connectivity index (χ3n) is 3.88. The molecule has 0 fully saturated rings. The molecule has 0 aliphatic heterocycles. The maximum Gasteiger partial charge on any atom is 0.0843 e. The standard InChI is InChI=1S/C15H23BrN4/c1-6-12-10(4)17-20(11(12)5)9-14-15(16)13(7-2)18-19(14)8-3/h6-9H2,1-5H3. The Balaban J connectivity index is 2.42. The molecule has 0 atom stereocenters. The predicted molar refractivity (Wildman–Crippen MR) is 85.2 cm³/mol. The zero-order valence-electron chi connectivity index (χ0n) is 13.0. The molecule has 0 amide bonds. The van der Waals surface area contributed by atoms with Gasteiger partial charge in [0.1, 0.15) is 0 Å². The Labute approximate surface area is 129 Å². The van der Waals surface area contributed by atoms with Crippen molar-refractivity contribution >= 4 is 15.9 Å². The minimum atomic E-state index is 0.772. The highest BCUT2D eigenvalue weighted by Crippen LogP contribution is 2.24. The third-order valence-corrected chi connectivity index (χ3v) is 4.79. The molecule has 0 aliphatic rings. The van der Waals surface area contributed by atoms with Crippen LogP contribution in [0.1, 0.15) is 49.1 Å². The average Bonchev–Trinajstić information content (AvgIpc) is 2.88. The first kappa shape index (κ1) is 15.3. The Bertz CT molecular complexity index is 610. The van der Waals surface area contributed by atoms with E-state index in [4.69, 9.17) is 0 Å². The molecule has 5 heteroatoms. The van der Waals surface area contributed by atoms with Crippen LogP contribution in [-0.2, 0) is 25.9 Å². The smallest absolute Gasteiger partial charge is 0.0843 e. The SMILES string of the molecule is CCc1nn(CC)c(Cn2nc(C)c(CC)c2C)c1Br. The first-order valence-electron chi connectivity index (χ1n) is 7.30. The maximum atomic E-state index is 4.68. The molecule has 0 saturated heterocycles. The fourth-order valence-electron chi connectivity index (χ4n) is 2.71. The number of halogens is 1. The average molecular weight is 339 g/mol. The van der Waals surface area contributed by atoms with Crippen LogP contribution in [0.3, 0.4) is 0 Å². The van der Waals surface area contributed by atoms with Crippen LogP contribution in [0.15, 0.2) is 4.47 Å². The van der Waals surface area contributed by atoms with Crippen LogP contribution in [0.2, 0.25) is 0 Å². The van der Waals surface area contributed by atoms with Crippen molar-refractivity contribution in [3.05, 3.63) is 32.8 Å². The zero-order chi connectivity index (χ0) is 14.9. The largest absolute Gasteiger partial charge is 0.267 e. The molecule has 0 spiro atoms. The summed E-state index contributed by atoms with van der Waals surface area (Å²) in [5, 5.41) is 9.33. The monoisotopic (exact) mass is 338 g/mol. The third kappa shape index (κ3) is 2.55. The van der Waals surface area contributed by atoms with Crippen molar-refractivity contribution in [1.29, 1.82) is 0 Å². The fraction of sp³-hybridized carbons (Fsp3) is 0.600. The normalized spacial score (nSPS) is 11.3. The van der Waals surface area contributed by atoms with Gasteiger partial charge in [-0.3, -0.25) is 9.36 Å². The summed E-state index contributed by atoms with van der Waals surface area (Å²) < 4.78 is 5.31. The molecule has 0 aliphatic carbocycles. The van der Waals surface area contributed by atoms with Crippen molar-refractivity contribution in [3.8, 4) is 0 Å². The van der Waals surface area contributed by atoms with Crippen LogP contribution in [-0.4, -0.2) is 19.6 Å². The van der Waals surface area contributed by atoms with E-state index < -0.39 is 0 Å². The van der Waals surface area contributed by atoms with Gasteiger partial charge < -0.3 is 0 Å². The van der Waals surface area contributed by atoms with E-state index >= 15 is 0 Å². The van der Waals surface area contributed by atoms with Crippen molar-refractivity contribution in [2.75, 3.05) is 0 Å². The second kappa shape index (κ2) is 6.12. The highest BCUT2D eigenvalue weighted by atomic mass is 79.9. The minimum Gasteiger partial charge on any atom is -0.267 e. The Hall–Kier alpha value is -1.10. The van der Waals surface area contributed by atoms with E-state index in [0.29, 0.717) is 0 Å². The molecule has 2 aromatic heterocycles. The quantitative estimate of drug-likeness (QED) is 0.834. The minimum absolute atomic E-state index is 0.772. The zero-order valence-corrected chi connectivity index (χ0v) is 14.6. The lowest BCUT2D eigenvalue weighted by molar-refractivity contribution is 0.564. The molecule has 110 valence electrons. The van der Waals surface area contributed by atoms with E-state index in [9.17, 15) is 0 Å². The van der Waals surface area contributed by atoms with Crippen molar-refractivity contribution in [2.24, 2.45) is 0 Å². The van der Waals surface area contributed by atoms with Crippen LogP contribution in [0.4, 0.5) is 0 Å². The van der Waals surface area contributed by atoms with Crippen LogP contribution >= 0.6 is 15.9 Å². The molecule has 4 nitrogen and oxygen atoms in total. The predicted octanol–water partition coefficient (Wildman–Crippen LogP) is 3.65. The number of nitrogens with zero attached hydrogens (tertiary/aromatic N) is 4. The summed E-state index contributed by atoms with van der Waals surface area (Å²) in [4.78, 5) is 0. The molecule has 2 rings (SSSR count). The number of aromatic nitrogens is 4. The van der Waals surface area contributed by atoms with Crippen LogP contribution in [0, 0.1) is 13.8 Å². The lowest BCUT2D eigenvalue weighted by Crippen LogP contribution is -2.11. The molecular formula is C15H23BrN4. The van der Waals surface area contributed by atoms with Gasteiger partial charge in [0.15, 0.2) is 0 Å². The van der Waals surface area contributed by atoms with Crippen LogP contribution in [0.5, 0.6) is 0 Å². The molecule has 2 heterocycles. The molecule has 0 saturated carbocycles. The molecule has 0 unspecified atom stereocenters. The van der Waals surface area contributed by atoms with Gasteiger partial charge >= 0.3 is 0 Å². The highest BCUT2D eigenvalue weighted by molar-refractivity contribution is 9.10. The maximum absolute atomic E-state index is 4.68. The van der Waals surface area contributed by atoms with Gasteiger partial charge in [0.2, 0.25) is 0 Å². The van der Waals surface area contributed by atoms with E-state index in [1.807, 2.05) is 0 Å². The molecule has 0 bridgehead atoms. The van der Waals surface area contributed by atoms with Gasteiger partial charge in [0.05, 0.1) is 28.1 Å². The van der Waals surface area contributed by atoms with Crippen molar-refractivity contribution < 1.29 is 0 Å². The first-order chi connectivity index (χ1) is 9.53. The second-order valence-electron chi connectivity index (χ2n) is 5.04. The first-order valence-corrected chi connectivity index (χ1v) is 8.09. The topological polar surface area (TPSA) is 35.6 Å². The summed E-state index contributed by atoms with van der Waals surface area (Å²) in [6.45, 7) is 12.3. The number of hydrogen-bond acceptors (Lipinski definition) is 2. The van der Waals surface area contributed by atoms with E-state index in [1.165, 1.54) is 17.0 Å². The van der Waals surface area contributed by atoms with E-state index in [0.717, 1.165) is 41.8 Å². The van der Waals surface area contributed by atoms with Crippen molar-refractivity contribution in [1.82, 2.24) is 19.6 Å². The van der Waals surface area contributed by atoms with Gasteiger partial charge in [-0.15, -0.1) is 0 Å². The van der Waals surface area contributed by atoms with Gasteiger partial charge in [0.25, 0.3) is 0 Å². The van der Waals surface area contributed by atoms with Gasteiger partial charge in [-0.25, -0.2) is 0 Å². The molecule has 2 aromatic rings. The summed E-state index contributed by atoms with van der Waals surface area (Å²) in [5.41, 5.74) is 6.09. The fourth-order valence-corrected chi connectivity index (χ4v) is 3.40. The second-order valence-corrected chi connectivity index (χ2v) is 5.83. The van der Waals surface area contributed by atoms with Gasteiger partial charge in [0, 0.05) is 12.2 Å². The van der Waals surface area contributed by atoms with Gasteiger partial charge in [-0.1, -0.05) is 13.8 Å². The van der Waals surface area contributed by atoms with E-state index in [2.05, 4.69) is 70.1 Å². The summed E-state index contributed by atoms with van der Waals surface area (Å²) >= 11 is 3.70. The Kier molecular flexibility index (Phi) is 4.68. The molecule has 20 heavy (non-hydrogen) atoms. The number of hydrogen-bond donors (Lipinski definition) is 0. The van der Waals surface area contributed by atoms with Crippen LogP contribution < -0.4 is 0 Å².